The predicted molar refractivity (Wildman–Crippen MR) is 157 cm³/mol. The molecule has 1 N–H and O–H groups in total. The van der Waals surface area contributed by atoms with Crippen molar-refractivity contribution in [2.75, 3.05) is 27.4 Å². The smallest absolute Gasteiger partial charge is 0.250 e. The molecule has 0 radical (unpaired) electrons. The number of carbonyl (C=O) groups is 2. The average Bonchev–Trinajstić information content (AvgIpc) is 3.79. The summed E-state index contributed by atoms with van der Waals surface area (Å²) in [6.07, 6.45) is 1.72. The first-order chi connectivity index (χ1) is 20.9. The van der Waals surface area contributed by atoms with Crippen LogP contribution in [0.1, 0.15) is 36.0 Å². The minimum absolute atomic E-state index is 0.0352. The summed E-state index contributed by atoms with van der Waals surface area (Å²) in [4.78, 5) is 30.4. The molecule has 3 heterocycles. The number of furan rings is 1. The van der Waals surface area contributed by atoms with Crippen molar-refractivity contribution >= 4 is 23.4 Å². The van der Waals surface area contributed by atoms with Gasteiger partial charge in [-0.05, 0) is 66.9 Å². The van der Waals surface area contributed by atoms with Gasteiger partial charge in [-0.2, -0.15) is 4.80 Å². The molecule has 1 saturated heterocycles. The molecule has 2 aromatic heterocycles. The molecule has 0 spiro atoms. The van der Waals surface area contributed by atoms with Crippen molar-refractivity contribution in [1.29, 1.82) is 0 Å². The molecule has 13 heteroatoms. The van der Waals surface area contributed by atoms with E-state index in [0.29, 0.717) is 58.1 Å². The molecule has 2 atom stereocenters. The molecular weight excluding hydrogens is 576 g/mol. The number of rotatable bonds is 12. The van der Waals surface area contributed by atoms with Crippen molar-refractivity contribution in [1.82, 2.24) is 30.4 Å². The first kappa shape index (κ1) is 30.1. The van der Waals surface area contributed by atoms with E-state index >= 15 is 0 Å². The van der Waals surface area contributed by atoms with Gasteiger partial charge in [0, 0.05) is 30.3 Å². The Morgan fingerprint density at radius 3 is 2.65 bits per heavy atom. The van der Waals surface area contributed by atoms with E-state index in [2.05, 4.69) is 20.7 Å². The summed E-state index contributed by atoms with van der Waals surface area (Å²) in [6, 6.07) is 14.7. The van der Waals surface area contributed by atoms with Gasteiger partial charge >= 0.3 is 0 Å². The second-order valence-corrected chi connectivity index (χ2v) is 10.5. The van der Waals surface area contributed by atoms with Gasteiger partial charge in [0.2, 0.25) is 11.7 Å². The van der Waals surface area contributed by atoms with Gasteiger partial charge in [-0.25, -0.2) is 0 Å². The Morgan fingerprint density at radius 1 is 1.14 bits per heavy atom. The Morgan fingerprint density at radius 2 is 1.95 bits per heavy atom. The molecule has 1 fully saturated rings. The lowest BCUT2D eigenvalue weighted by Gasteiger charge is -2.30. The summed E-state index contributed by atoms with van der Waals surface area (Å²) >= 11 is 6.49. The zero-order valence-electron chi connectivity index (χ0n) is 24.2. The molecular formula is C30H33ClN6O6. The van der Waals surface area contributed by atoms with Gasteiger partial charge in [-0.1, -0.05) is 29.8 Å². The molecule has 4 aromatic rings. The van der Waals surface area contributed by atoms with Crippen LogP contribution in [-0.2, 0) is 27.4 Å². The van der Waals surface area contributed by atoms with E-state index in [-0.39, 0.29) is 19.2 Å². The molecule has 1 aliphatic rings. The third-order valence-corrected chi connectivity index (χ3v) is 7.48. The van der Waals surface area contributed by atoms with Crippen LogP contribution in [0.5, 0.6) is 11.5 Å². The number of tetrazole rings is 1. The van der Waals surface area contributed by atoms with E-state index in [1.54, 1.807) is 62.6 Å². The van der Waals surface area contributed by atoms with Crippen LogP contribution in [0, 0.1) is 6.92 Å². The third-order valence-electron chi connectivity index (χ3n) is 7.11. The zero-order chi connectivity index (χ0) is 30.3. The zero-order valence-corrected chi connectivity index (χ0v) is 24.9. The van der Waals surface area contributed by atoms with Crippen LogP contribution in [0.4, 0.5) is 0 Å². The van der Waals surface area contributed by atoms with Crippen molar-refractivity contribution in [3.05, 3.63) is 76.7 Å². The van der Waals surface area contributed by atoms with E-state index < -0.39 is 17.9 Å². The fraction of sp³-hybridized carbons (Fsp3) is 0.367. The molecule has 2 amide bonds. The van der Waals surface area contributed by atoms with E-state index in [4.69, 9.17) is 30.2 Å². The number of halogens is 1. The van der Waals surface area contributed by atoms with Gasteiger partial charge < -0.3 is 28.8 Å². The van der Waals surface area contributed by atoms with Gasteiger partial charge in [-0.15, -0.1) is 10.2 Å². The number of benzene rings is 2. The molecule has 1 aliphatic heterocycles. The first-order valence-corrected chi connectivity index (χ1v) is 14.2. The second kappa shape index (κ2) is 13.7. The number of aromatic nitrogens is 4. The van der Waals surface area contributed by atoms with Crippen molar-refractivity contribution in [3.8, 4) is 22.9 Å². The summed E-state index contributed by atoms with van der Waals surface area (Å²) in [5.74, 6) is 1.43. The summed E-state index contributed by atoms with van der Waals surface area (Å²) in [5.41, 5.74) is 1.29. The Labute approximate surface area is 253 Å². The topological polar surface area (TPSA) is 134 Å². The van der Waals surface area contributed by atoms with E-state index in [0.717, 1.165) is 12.8 Å². The average molecular weight is 609 g/mol. The Balaban J connectivity index is 1.44. The maximum absolute atomic E-state index is 14.0. The Kier molecular flexibility index (Phi) is 9.58. The number of hydrogen-bond acceptors (Lipinski definition) is 9. The molecule has 43 heavy (non-hydrogen) atoms. The quantitative estimate of drug-likeness (QED) is 0.253. The number of nitrogens with zero attached hydrogens (tertiary/aromatic N) is 5. The summed E-state index contributed by atoms with van der Waals surface area (Å²) < 4.78 is 22.3. The van der Waals surface area contributed by atoms with Gasteiger partial charge in [-0.3, -0.25) is 9.59 Å². The fourth-order valence-electron chi connectivity index (χ4n) is 4.89. The van der Waals surface area contributed by atoms with Gasteiger partial charge in [0.05, 0.1) is 20.3 Å². The minimum atomic E-state index is -1.09. The second-order valence-electron chi connectivity index (χ2n) is 10.1. The molecule has 226 valence electrons. The first-order valence-electron chi connectivity index (χ1n) is 13.8. The van der Waals surface area contributed by atoms with Crippen LogP contribution in [0.15, 0.2) is 59.0 Å². The maximum Gasteiger partial charge on any atom is 0.250 e. The summed E-state index contributed by atoms with van der Waals surface area (Å²) in [5, 5.41) is 16.1. The van der Waals surface area contributed by atoms with Gasteiger partial charge in [0.25, 0.3) is 5.91 Å². The normalized spacial score (nSPS) is 15.2. The Hall–Kier alpha value is -4.42. The lowest BCUT2D eigenvalue weighted by Crippen LogP contribution is -2.46. The highest BCUT2D eigenvalue weighted by molar-refractivity contribution is 6.31. The fourth-order valence-corrected chi connectivity index (χ4v) is 5.08. The molecule has 0 aliphatic carbocycles. The molecule has 12 nitrogen and oxygen atoms in total. The summed E-state index contributed by atoms with van der Waals surface area (Å²) in [6.45, 7) is 2.50. The van der Waals surface area contributed by atoms with Crippen LogP contribution >= 0.6 is 11.6 Å². The number of amides is 2. The highest BCUT2D eigenvalue weighted by Crippen LogP contribution is 2.31. The maximum atomic E-state index is 14.0. The highest BCUT2D eigenvalue weighted by atomic mass is 35.5. The van der Waals surface area contributed by atoms with Crippen LogP contribution in [0.25, 0.3) is 11.4 Å². The van der Waals surface area contributed by atoms with E-state index in [9.17, 15) is 9.59 Å². The highest BCUT2D eigenvalue weighted by Gasteiger charge is 2.35. The Bertz CT molecular complexity index is 1570. The largest absolute Gasteiger partial charge is 0.493 e. The number of hydrogen-bond donors (Lipinski definition) is 1. The van der Waals surface area contributed by atoms with Crippen LogP contribution in [0.2, 0.25) is 5.02 Å². The lowest BCUT2D eigenvalue weighted by molar-refractivity contribution is -0.143. The van der Waals surface area contributed by atoms with E-state index in [1.165, 1.54) is 16.8 Å². The number of carbonyl (C=O) groups excluding carboxylic acids is 2. The minimum Gasteiger partial charge on any atom is -0.493 e. The lowest BCUT2D eigenvalue weighted by atomic mass is 10.1. The molecule has 2 aromatic carbocycles. The van der Waals surface area contributed by atoms with Crippen LogP contribution < -0.4 is 14.8 Å². The van der Waals surface area contributed by atoms with Crippen molar-refractivity contribution in [3.63, 3.8) is 0 Å². The van der Waals surface area contributed by atoms with Crippen LogP contribution in [-0.4, -0.2) is 70.4 Å². The van der Waals surface area contributed by atoms with E-state index in [1.807, 2.05) is 6.07 Å². The van der Waals surface area contributed by atoms with Crippen molar-refractivity contribution in [2.45, 2.75) is 45.0 Å². The molecule has 0 bridgehead atoms. The van der Waals surface area contributed by atoms with Crippen molar-refractivity contribution in [2.24, 2.45) is 0 Å². The molecule has 2 unspecified atom stereocenters. The van der Waals surface area contributed by atoms with Gasteiger partial charge in [0.1, 0.15) is 18.1 Å². The molecule has 5 rings (SSSR count). The van der Waals surface area contributed by atoms with Crippen LogP contribution in [0.3, 0.4) is 0 Å². The monoisotopic (exact) mass is 608 g/mol. The third kappa shape index (κ3) is 7.15. The standard InChI is InChI=1S/C30H33ClN6O6/c1-19-10-12-25(43-19)28(30(39)32-16-22-8-6-14-42-22)36(17-21-7-4-5-9-23(21)31)27(38)18-37-34-29(33-35-37)20-11-13-24(40-2)26(15-20)41-3/h4-5,7,9-13,15,22,28H,6,8,14,16-18H2,1-3H3,(H,32,39). The summed E-state index contributed by atoms with van der Waals surface area (Å²) in [7, 11) is 3.08. The van der Waals surface area contributed by atoms with Gasteiger partial charge in [0.15, 0.2) is 17.5 Å². The molecule has 0 saturated carbocycles. The predicted octanol–water partition coefficient (Wildman–Crippen LogP) is 3.98. The number of methoxy groups -OCH3 is 2. The number of nitrogens with one attached hydrogen (secondary N) is 1. The number of ether oxygens (including phenoxy) is 3. The van der Waals surface area contributed by atoms with Crippen molar-refractivity contribution < 1.29 is 28.2 Å². The number of aryl methyl sites for hydroxylation is 1. The SMILES string of the molecule is COc1ccc(-c2nnn(CC(=O)N(Cc3ccccc3Cl)C(C(=O)NCC3CCCO3)c3ccc(C)o3)n2)cc1OC.